The van der Waals surface area contributed by atoms with Gasteiger partial charge in [0.1, 0.15) is 0 Å². The fourth-order valence-electron chi connectivity index (χ4n) is 7.94. The Morgan fingerprint density at radius 3 is 1.24 bits per heavy atom. The lowest BCUT2D eigenvalue weighted by Gasteiger charge is -2.15. The van der Waals surface area contributed by atoms with Crippen LogP contribution in [0.1, 0.15) is 0 Å². The molecule has 8 aromatic carbocycles. The summed E-state index contributed by atoms with van der Waals surface area (Å²) in [6.45, 7) is 0. The molecule has 0 aliphatic heterocycles. The highest BCUT2D eigenvalue weighted by molar-refractivity contribution is 6.21. The van der Waals surface area contributed by atoms with Crippen molar-refractivity contribution in [2.75, 3.05) is 0 Å². The van der Waals surface area contributed by atoms with E-state index in [-0.39, 0.29) is 0 Å². The minimum absolute atomic E-state index is 0.536. The maximum absolute atomic E-state index is 5.24. The maximum atomic E-state index is 5.24. The van der Waals surface area contributed by atoms with Crippen molar-refractivity contribution in [1.82, 2.24) is 34.5 Å². The van der Waals surface area contributed by atoms with E-state index in [1.807, 2.05) is 121 Å². The monoisotopic (exact) mass is 755 g/mol. The van der Waals surface area contributed by atoms with Gasteiger partial charge in [-0.2, -0.15) is 9.97 Å². The fraction of sp³-hybridized carbons (Fsp3) is 0. The summed E-state index contributed by atoms with van der Waals surface area (Å²) in [4.78, 5) is 30.6. The van der Waals surface area contributed by atoms with E-state index in [0.29, 0.717) is 35.1 Å². The minimum Gasteiger partial charge on any atom is -0.277 e. The van der Waals surface area contributed by atoms with Crippen molar-refractivity contribution in [1.29, 1.82) is 0 Å². The van der Waals surface area contributed by atoms with Crippen LogP contribution in [-0.2, 0) is 0 Å². The van der Waals surface area contributed by atoms with Crippen LogP contribution in [0.15, 0.2) is 200 Å². The molecule has 0 radical (unpaired) electrons. The molecule has 0 spiro atoms. The average Bonchev–Trinajstić information content (AvgIpc) is 3.65. The van der Waals surface area contributed by atoms with Crippen molar-refractivity contribution in [2.45, 2.75) is 0 Å². The lowest BCUT2D eigenvalue weighted by Crippen LogP contribution is -2.07. The summed E-state index contributed by atoms with van der Waals surface area (Å²) >= 11 is 0. The van der Waals surface area contributed by atoms with E-state index in [2.05, 4.69) is 83.4 Å². The number of fused-ring (bicyclic) bond motifs is 4. The largest absolute Gasteiger partial charge is 0.277 e. The molecule has 0 saturated carbocycles. The molecule has 11 rings (SSSR count). The molecule has 0 aliphatic carbocycles. The van der Waals surface area contributed by atoms with Crippen molar-refractivity contribution >= 4 is 32.6 Å². The molecule has 11 aromatic rings. The second-order valence-corrected chi connectivity index (χ2v) is 14.4. The summed E-state index contributed by atoms with van der Waals surface area (Å²) in [7, 11) is 0. The molecular formula is C52H33N7. The number of rotatable bonds is 7. The number of hydrogen-bond acceptors (Lipinski definition) is 6. The molecule has 7 heteroatoms. The zero-order valence-corrected chi connectivity index (χ0v) is 31.7. The lowest BCUT2D eigenvalue weighted by molar-refractivity contribution is 0.954. The van der Waals surface area contributed by atoms with Gasteiger partial charge in [0.25, 0.3) is 0 Å². The summed E-state index contributed by atoms with van der Waals surface area (Å²) < 4.78 is 2.21. The SMILES string of the molecule is c1ccc(-c2nc(-c3ccccc3)nc(-c3cccc(-c4c5ccccc5cc5c6ccccc6n(-c6nc(-c7ccccc7)nc(-c7ccccc7)n6)c45)c3)n2)cc1. The van der Waals surface area contributed by atoms with Gasteiger partial charge in [-0.1, -0.05) is 182 Å². The zero-order chi connectivity index (χ0) is 39.1. The Balaban J connectivity index is 1.19. The first-order valence-electron chi connectivity index (χ1n) is 19.6. The van der Waals surface area contributed by atoms with Crippen molar-refractivity contribution in [3.63, 3.8) is 0 Å². The molecule has 0 amide bonds. The molecule has 0 saturated heterocycles. The van der Waals surface area contributed by atoms with E-state index in [0.717, 1.165) is 71.5 Å². The van der Waals surface area contributed by atoms with Gasteiger partial charge in [0.2, 0.25) is 5.95 Å². The summed E-state index contributed by atoms with van der Waals surface area (Å²) in [5.41, 5.74) is 8.61. The Bertz CT molecular complexity index is 3200. The van der Waals surface area contributed by atoms with Gasteiger partial charge >= 0.3 is 0 Å². The van der Waals surface area contributed by atoms with E-state index < -0.39 is 0 Å². The first kappa shape index (κ1) is 34.1. The predicted molar refractivity (Wildman–Crippen MR) is 238 cm³/mol. The Labute approximate surface area is 340 Å². The third kappa shape index (κ3) is 6.18. The third-order valence-electron chi connectivity index (χ3n) is 10.7. The van der Waals surface area contributed by atoms with Gasteiger partial charge in [-0.3, -0.25) is 4.57 Å². The Morgan fingerprint density at radius 1 is 0.288 bits per heavy atom. The molecule has 276 valence electrons. The van der Waals surface area contributed by atoms with E-state index >= 15 is 0 Å². The van der Waals surface area contributed by atoms with Gasteiger partial charge in [0, 0.05) is 44.2 Å². The molecule has 0 unspecified atom stereocenters. The minimum atomic E-state index is 0.536. The summed E-state index contributed by atoms with van der Waals surface area (Å²) in [6, 6.07) is 68.2. The van der Waals surface area contributed by atoms with E-state index in [9.17, 15) is 0 Å². The Hall–Kier alpha value is -8.16. The summed E-state index contributed by atoms with van der Waals surface area (Å²) in [5, 5.41) is 4.44. The van der Waals surface area contributed by atoms with Gasteiger partial charge in [0.15, 0.2) is 29.1 Å². The first-order valence-corrected chi connectivity index (χ1v) is 19.6. The Kier molecular flexibility index (Phi) is 8.33. The fourth-order valence-corrected chi connectivity index (χ4v) is 7.94. The second-order valence-electron chi connectivity index (χ2n) is 14.4. The topological polar surface area (TPSA) is 82.3 Å². The quantitative estimate of drug-likeness (QED) is 0.161. The molecule has 0 N–H and O–H groups in total. The van der Waals surface area contributed by atoms with E-state index in [1.54, 1.807) is 0 Å². The van der Waals surface area contributed by atoms with E-state index in [4.69, 9.17) is 29.9 Å². The molecule has 59 heavy (non-hydrogen) atoms. The van der Waals surface area contributed by atoms with Crippen molar-refractivity contribution in [3.8, 4) is 74.0 Å². The molecule has 0 bridgehead atoms. The van der Waals surface area contributed by atoms with Crippen LogP contribution in [0.2, 0.25) is 0 Å². The molecular weight excluding hydrogens is 723 g/mol. The number of aromatic nitrogens is 7. The highest BCUT2D eigenvalue weighted by atomic mass is 15.2. The Morgan fingerprint density at radius 2 is 0.695 bits per heavy atom. The van der Waals surface area contributed by atoms with Gasteiger partial charge < -0.3 is 0 Å². The molecule has 7 nitrogen and oxygen atoms in total. The average molecular weight is 756 g/mol. The number of nitrogens with zero attached hydrogens (tertiary/aromatic N) is 7. The van der Waals surface area contributed by atoms with Crippen LogP contribution in [0.5, 0.6) is 0 Å². The molecule has 3 aromatic heterocycles. The molecule has 0 aliphatic rings. The van der Waals surface area contributed by atoms with E-state index in [1.165, 1.54) is 0 Å². The molecule has 3 heterocycles. The lowest BCUT2D eigenvalue weighted by atomic mass is 9.93. The zero-order valence-electron chi connectivity index (χ0n) is 31.7. The van der Waals surface area contributed by atoms with Crippen molar-refractivity contribution in [2.24, 2.45) is 0 Å². The van der Waals surface area contributed by atoms with Crippen LogP contribution in [0.3, 0.4) is 0 Å². The molecule has 0 atom stereocenters. The van der Waals surface area contributed by atoms with Gasteiger partial charge in [0.05, 0.1) is 11.0 Å². The van der Waals surface area contributed by atoms with Gasteiger partial charge in [-0.15, -0.1) is 0 Å². The predicted octanol–water partition coefficient (Wildman–Crippen LogP) is 12.3. The van der Waals surface area contributed by atoms with Crippen molar-refractivity contribution in [3.05, 3.63) is 200 Å². The molecule has 0 fully saturated rings. The second kappa shape index (κ2) is 14.4. The van der Waals surface area contributed by atoms with Crippen LogP contribution in [0.4, 0.5) is 0 Å². The van der Waals surface area contributed by atoms with Gasteiger partial charge in [-0.05, 0) is 34.5 Å². The standard InChI is InChI=1S/C52H33N7/c1-5-18-34(19-6-1)47-53-48(35-20-7-2-8-21-35)55-51(54-47)40-28-17-27-39(32-40)45-41-29-14-13-26-38(41)33-43-42-30-15-16-31-44(42)59(46(43)45)52-57-49(36-22-9-3-10-23-36)56-50(58-52)37-24-11-4-12-25-37/h1-33H. The highest BCUT2D eigenvalue weighted by Crippen LogP contribution is 2.43. The van der Waals surface area contributed by atoms with Crippen LogP contribution >= 0.6 is 0 Å². The maximum Gasteiger partial charge on any atom is 0.238 e. The van der Waals surface area contributed by atoms with Crippen LogP contribution in [0.25, 0.3) is 107 Å². The number of hydrogen-bond donors (Lipinski definition) is 0. The number of benzene rings is 8. The smallest absolute Gasteiger partial charge is 0.238 e. The third-order valence-corrected chi connectivity index (χ3v) is 10.7. The highest BCUT2D eigenvalue weighted by Gasteiger charge is 2.23. The summed E-state index contributed by atoms with van der Waals surface area (Å²) in [5.74, 6) is 3.56. The summed E-state index contributed by atoms with van der Waals surface area (Å²) in [6.07, 6.45) is 0. The van der Waals surface area contributed by atoms with Crippen molar-refractivity contribution < 1.29 is 0 Å². The number of para-hydroxylation sites is 1. The van der Waals surface area contributed by atoms with Gasteiger partial charge in [-0.25, -0.2) is 19.9 Å². The van der Waals surface area contributed by atoms with Crippen LogP contribution in [-0.4, -0.2) is 34.5 Å². The normalized spacial score (nSPS) is 11.4. The van der Waals surface area contributed by atoms with Crippen LogP contribution in [0, 0.1) is 0 Å². The van der Waals surface area contributed by atoms with Crippen LogP contribution < -0.4 is 0 Å². The first-order chi connectivity index (χ1) is 29.2.